The van der Waals surface area contributed by atoms with Crippen molar-refractivity contribution in [1.29, 1.82) is 0 Å². The van der Waals surface area contributed by atoms with Gasteiger partial charge in [-0.1, -0.05) is 6.92 Å². The lowest BCUT2D eigenvalue weighted by Crippen LogP contribution is -2.10. The average Bonchev–Trinajstić information content (AvgIpc) is 2.29. The maximum absolute atomic E-state index is 11.4. The lowest BCUT2D eigenvalue weighted by Gasteiger charge is -2.17. The fourth-order valence-electron chi connectivity index (χ4n) is 1.80. The van der Waals surface area contributed by atoms with Crippen molar-refractivity contribution in [1.82, 2.24) is 0 Å². The third kappa shape index (κ3) is 2.11. The minimum absolute atomic E-state index is 0.172. The van der Waals surface area contributed by atoms with Crippen LogP contribution in [-0.2, 0) is 4.79 Å². The van der Waals surface area contributed by atoms with Crippen LogP contribution in [0.5, 0.6) is 5.75 Å². The first-order valence-corrected chi connectivity index (χ1v) is 5.67. The van der Waals surface area contributed by atoms with Crippen LogP contribution in [0.2, 0.25) is 0 Å². The van der Waals surface area contributed by atoms with Gasteiger partial charge in [-0.05, 0) is 62.4 Å². The lowest BCUT2D eigenvalue weighted by molar-refractivity contribution is -0.134. The Morgan fingerprint density at radius 3 is 1.62 bits per heavy atom. The van der Waals surface area contributed by atoms with Gasteiger partial charge in [-0.15, -0.1) is 0 Å². The van der Waals surface area contributed by atoms with E-state index in [0.29, 0.717) is 6.42 Å². The maximum atomic E-state index is 11.4. The summed E-state index contributed by atoms with van der Waals surface area (Å²) in [5, 5.41) is 0. The lowest BCUT2D eigenvalue weighted by atomic mass is 9.94. The van der Waals surface area contributed by atoms with Crippen molar-refractivity contribution in [2.45, 2.75) is 48.0 Å². The third-order valence-corrected chi connectivity index (χ3v) is 3.44. The van der Waals surface area contributed by atoms with E-state index in [1.165, 1.54) is 16.7 Å². The van der Waals surface area contributed by atoms with E-state index in [0.717, 1.165) is 16.9 Å². The smallest absolute Gasteiger partial charge is 0.310 e. The number of hydrogen-bond acceptors (Lipinski definition) is 2. The van der Waals surface area contributed by atoms with Gasteiger partial charge >= 0.3 is 5.97 Å². The number of carbonyl (C=O) groups is 1. The van der Waals surface area contributed by atoms with E-state index in [1.807, 2.05) is 13.8 Å². The predicted octanol–water partition coefficient (Wildman–Crippen LogP) is 3.54. The largest absolute Gasteiger partial charge is 0.426 e. The van der Waals surface area contributed by atoms with E-state index in [1.54, 1.807) is 6.92 Å². The standard InChI is InChI=1S/C14H20O2/c1-7-13(15)16-14-11(5)9(3)8(2)10(4)12(14)6/h7H2,1-6H3. The van der Waals surface area contributed by atoms with Crippen LogP contribution in [0.4, 0.5) is 0 Å². The van der Waals surface area contributed by atoms with Gasteiger partial charge in [-0.2, -0.15) is 0 Å². The molecule has 2 nitrogen and oxygen atoms in total. The van der Waals surface area contributed by atoms with Gasteiger partial charge in [0, 0.05) is 6.42 Å². The highest BCUT2D eigenvalue weighted by Crippen LogP contribution is 2.32. The molecule has 0 amide bonds. The Balaban J connectivity index is 3.34. The normalized spacial score (nSPS) is 10.4. The molecule has 0 unspecified atom stereocenters. The molecule has 0 heterocycles. The quantitative estimate of drug-likeness (QED) is 0.563. The molecule has 1 rings (SSSR count). The topological polar surface area (TPSA) is 26.3 Å². The molecule has 0 saturated heterocycles. The highest BCUT2D eigenvalue weighted by atomic mass is 16.5. The molecule has 0 aliphatic heterocycles. The summed E-state index contributed by atoms with van der Waals surface area (Å²) in [7, 11) is 0. The average molecular weight is 220 g/mol. The molecule has 0 N–H and O–H groups in total. The second-order valence-corrected chi connectivity index (χ2v) is 4.28. The molecule has 2 heteroatoms. The number of esters is 1. The molecule has 16 heavy (non-hydrogen) atoms. The minimum Gasteiger partial charge on any atom is -0.426 e. The first kappa shape index (κ1) is 12.8. The van der Waals surface area contributed by atoms with Crippen LogP contribution < -0.4 is 4.74 Å². The van der Waals surface area contributed by atoms with Crippen LogP contribution in [0, 0.1) is 34.6 Å². The van der Waals surface area contributed by atoms with Crippen molar-refractivity contribution in [3.8, 4) is 5.75 Å². The van der Waals surface area contributed by atoms with Crippen molar-refractivity contribution in [2.24, 2.45) is 0 Å². The van der Waals surface area contributed by atoms with Crippen molar-refractivity contribution < 1.29 is 9.53 Å². The van der Waals surface area contributed by atoms with Gasteiger partial charge in [-0.25, -0.2) is 0 Å². The molecule has 88 valence electrons. The Labute approximate surface area is 97.6 Å². The summed E-state index contributed by atoms with van der Waals surface area (Å²) in [6, 6.07) is 0. The number of ether oxygens (including phenoxy) is 1. The van der Waals surface area contributed by atoms with E-state index < -0.39 is 0 Å². The molecule has 1 aromatic rings. The molecule has 0 aliphatic carbocycles. The molecular formula is C14H20O2. The number of rotatable bonds is 2. The van der Waals surface area contributed by atoms with Crippen molar-refractivity contribution in [3.63, 3.8) is 0 Å². The highest BCUT2D eigenvalue weighted by molar-refractivity contribution is 5.73. The number of hydrogen-bond donors (Lipinski definition) is 0. The second-order valence-electron chi connectivity index (χ2n) is 4.28. The van der Waals surface area contributed by atoms with Crippen LogP contribution in [0.3, 0.4) is 0 Å². The molecule has 0 atom stereocenters. The minimum atomic E-state index is -0.172. The number of benzene rings is 1. The fourth-order valence-corrected chi connectivity index (χ4v) is 1.80. The summed E-state index contributed by atoms with van der Waals surface area (Å²) in [6.45, 7) is 12.1. The molecule has 0 aliphatic rings. The SMILES string of the molecule is CCC(=O)Oc1c(C)c(C)c(C)c(C)c1C. The zero-order valence-corrected chi connectivity index (χ0v) is 11.0. The Morgan fingerprint density at radius 1 is 0.875 bits per heavy atom. The fraction of sp³-hybridized carbons (Fsp3) is 0.500. The van der Waals surface area contributed by atoms with E-state index in [9.17, 15) is 4.79 Å². The Bertz CT molecular complexity index is 402. The van der Waals surface area contributed by atoms with Crippen molar-refractivity contribution >= 4 is 5.97 Å². The Hall–Kier alpha value is -1.31. The molecule has 1 aromatic carbocycles. The zero-order chi connectivity index (χ0) is 12.5. The van der Waals surface area contributed by atoms with Gasteiger partial charge in [0.1, 0.15) is 5.75 Å². The summed E-state index contributed by atoms with van der Waals surface area (Å²) in [5.74, 6) is 0.571. The van der Waals surface area contributed by atoms with Gasteiger partial charge in [-0.3, -0.25) is 4.79 Å². The maximum Gasteiger partial charge on any atom is 0.310 e. The summed E-state index contributed by atoms with van der Waals surface area (Å²) in [4.78, 5) is 11.4. The third-order valence-electron chi connectivity index (χ3n) is 3.44. The van der Waals surface area contributed by atoms with E-state index in [4.69, 9.17) is 4.74 Å². The van der Waals surface area contributed by atoms with E-state index >= 15 is 0 Å². The van der Waals surface area contributed by atoms with Gasteiger partial charge in [0.2, 0.25) is 0 Å². The summed E-state index contributed by atoms with van der Waals surface area (Å²) < 4.78 is 5.40. The Kier molecular flexibility index (Phi) is 3.74. The van der Waals surface area contributed by atoms with Gasteiger partial charge in [0.05, 0.1) is 0 Å². The van der Waals surface area contributed by atoms with Gasteiger partial charge < -0.3 is 4.74 Å². The Morgan fingerprint density at radius 2 is 1.25 bits per heavy atom. The number of carbonyl (C=O) groups excluding carboxylic acids is 1. The van der Waals surface area contributed by atoms with Crippen LogP contribution in [-0.4, -0.2) is 5.97 Å². The summed E-state index contributed by atoms with van der Waals surface area (Å²) in [6.07, 6.45) is 0.408. The summed E-state index contributed by atoms with van der Waals surface area (Å²) in [5.41, 5.74) is 5.85. The van der Waals surface area contributed by atoms with Crippen LogP contribution >= 0.6 is 0 Å². The monoisotopic (exact) mass is 220 g/mol. The first-order valence-electron chi connectivity index (χ1n) is 5.67. The molecule has 0 fully saturated rings. The molecule has 0 radical (unpaired) electrons. The summed E-state index contributed by atoms with van der Waals surface area (Å²) >= 11 is 0. The van der Waals surface area contributed by atoms with Crippen LogP contribution in [0.15, 0.2) is 0 Å². The molecule has 0 aromatic heterocycles. The molecular weight excluding hydrogens is 200 g/mol. The molecule has 0 bridgehead atoms. The second kappa shape index (κ2) is 4.69. The van der Waals surface area contributed by atoms with Crippen molar-refractivity contribution in [2.75, 3.05) is 0 Å². The molecule has 0 saturated carbocycles. The van der Waals surface area contributed by atoms with Crippen LogP contribution in [0.1, 0.15) is 41.2 Å². The van der Waals surface area contributed by atoms with E-state index in [2.05, 4.69) is 20.8 Å². The van der Waals surface area contributed by atoms with Gasteiger partial charge in [0.15, 0.2) is 0 Å². The molecule has 0 spiro atoms. The van der Waals surface area contributed by atoms with Gasteiger partial charge in [0.25, 0.3) is 0 Å². The first-order chi connectivity index (χ1) is 7.40. The predicted molar refractivity (Wildman–Crippen MR) is 66.1 cm³/mol. The van der Waals surface area contributed by atoms with E-state index in [-0.39, 0.29) is 5.97 Å². The van der Waals surface area contributed by atoms with Crippen molar-refractivity contribution in [3.05, 3.63) is 27.8 Å². The van der Waals surface area contributed by atoms with Crippen LogP contribution in [0.25, 0.3) is 0 Å². The highest BCUT2D eigenvalue weighted by Gasteiger charge is 2.15. The zero-order valence-electron chi connectivity index (χ0n) is 11.0.